The Bertz CT molecular complexity index is 549. The molecule has 7 heteroatoms. The summed E-state index contributed by atoms with van der Waals surface area (Å²) in [5, 5.41) is 6.73. The van der Waals surface area contributed by atoms with E-state index in [2.05, 4.69) is 17.6 Å². The number of unbranched alkanes of at least 4 members (excludes halogenated alkanes) is 1. The summed E-state index contributed by atoms with van der Waals surface area (Å²) in [6.07, 6.45) is 4.28. The molecule has 0 aromatic heterocycles. The highest BCUT2D eigenvalue weighted by Gasteiger charge is 2.18. The molecule has 0 saturated carbocycles. The molecule has 1 aromatic carbocycles. The number of hydrogen-bond donors (Lipinski definition) is 2. The molecular formula is C18H28Cl2N2O3. The summed E-state index contributed by atoms with van der Waals surface area (Å²) in [6, 6.07) is 3.32. The number of nitrogens with one attached hydrogen (secondary N) is 2. The SMILES string of the molecule is CCCCOc1c(Cl)cc(C(=O)NCC2CCCNC2)cc1OC.Cl. The highest BCUT2D eigenvalue weighted by molar-refractivity contribution is 6.32. The van der Waals surface area contributed by atoms with Gasteiger partial charge in [-0.15, -0.1) is 12.4 Å². The van der Waals surface area contributed by atoms with Crippen molar-refractivity contribution >= 4 is 29.9 Å². The Morgan fingerprint density at radius 3 is 2.88 bits per heavy atom. The van der Waals surface area contributed by atoms with Gasteiger partial charge in [0.15, 0.2) is 11.5 Å². The minimum atomic E-state index is -0.138. The number of piperidine rings is 1. The fraction of sp³-hybridized carbons (Fsp3) is 0.611. The van der Waals surface area contributed by atoms with Gasteiger partial charge < -0.3 is 20.1 Å². The number of carbonyl (C=O) groups excluding carboxylic acids is 1. The van der Waals surface area contributed by atoms with E-state index >= 15 is 0 Å². The van der Waals surface area contributed by atoms with Crippen LogP contribution in [0.5, 0.6) is 11.5 Å². The summed E-state index contributed by atoms with van der Waals surface area (Å²) < 4.78 is 11.0. The molecule has 1 saturated heterocycles. The molecule has 0 radical (unpaired) electrons. The number of carbonyl (C=O) groups is 1. The Morgan fingerprint density at radius 1 is 1.44 bits per heavy atom. The summed E-state index contributed by atoms with van der Waals surface area (Å²) in [4.78, 5) is 12.4. The number of amides is 1. The molecule has 1 aromatic rings. The molecule has 2 N–H and O–H groups in total. The lowest BCUT2D eigenvalue weighted by molar-refractivity contribution is 0.0944. The van der Waals surface area contributed by atoms with Crippen LogP contribution in [0, 0.1) is 5.92 Å². The minimum absolute atomic E-state index is 0. The van der Waals surface area contributed by atoms with Gasteiger partial charge >= 0.3 is 0 Å². The number of hydrogen-bond acceptors (Lipinski definition) is 4. The monoisotopic (exact) mass is 390 g/mol. The number of ether oxygens (including phenoxy) is 2. The van der Waals surface area contributed by atoms with Gasteiger partial charge in [0.25, 0.3) is 5.91 Å². The van der Waals surface area contributed by atoms with Crippen molar-refractivity contribution in [3.8, 4) is 11.5 Å². The lowest BCUT2D eigenvalue weighted by Gasteiger charge is -2.23. The Kier molecular flexibility index (Phi) is 10.0. The molecule has 1 unspecified atom stereocenters. The molecule has 1 aliphatic rings. The molecule has 1 aliphatic heterocycles. The smallest absolute Gasteiger partial charge is 0.251 e. The van der Waals surface area contributed by atoms with Crippen LogP contribution in [0.4, 0.5) is 0 Å². The normalized spacial score (nSPS) is 16.7. The first-order valence-corrected chi connectivity index (χ1v) is 9.02. The van der Waals surface area contributed by atoms with Crippen LogP contribution in [0.25, 0.3) is 0 Å². The third kappa shape index (κ3) is 6.57. The van der Waals surface area contributed by atoms with Crippen molar-refractivity contribution in [2.75, 3.05) is 33.4 Å². The first kappa shape index (κ1) is 21.9. The van der Waals surface area contributed by atoms with Gasteiger partial charge in [0, 0.05) is 12.1 Å². The molecule has 25 heavy (non-hydrogen) atoms. The maximum absolute atomic E-state index is 12.4. The van der Waals surface area contributed by atoms with Crippen molar-refractivity contribution in [2.45, 2.75) is 32.6 Å². The second-order valence-electron chi connectivity index (χ2n) is 6.11. The van der Waals surface area contributed by atoms with E-state index in [1.54, 1.807) is 19.2 Å². The molecule has 0 aliphatic carbocycles. The van der Waals surface area contributed by atoms with Crippen molar-refractivity contribution in [1.82, 2.24) is 10.6 Å². The van der Waals surface area contributed by atoms with Crippen LogP contribution >= 0.6 is 24.0 Å². The zero-order valence-corrected chi connectivity index (χ0v) is 16.5. The van der Waals surface area contributed by atoms with Crippen LogP contribution in [-0.4, -0.2) is 39.3 Å². The van der Waals surface area contributed by atoms with Crippen molar-refractivity contribution in [1.29, 1.82) is 0 Å². The van der Waals surface area contributed by atoms with Gasteiger partial charge in [-0.25, -0.2) is 0 Å². The number of methoxy groups -OCH3 is 1. The van der Waals surface area contributed by atoms with E-state index in [-0.39, 0.29) is 18.3 Å². The summed E-state index contributed by atoms with van der Waals surface area (Å²) in [5.74, 6) is 1.33. The van der Waals surface area contributed by atoms with Crippen LogP contribution in [0.15, 0.2) is 12.1 Å². The minimum Gasteiger partial charge on any atom is -0.493 e. The highest BCUT2D eigenvalue weighted by Crippen LogP contribution is 2.36. The summed E-state index contributed by atoms with van der Waals surface area (Å²) in [7, 11) is 1.55. The van der Waals surface area contributed by atoms with Gasteiger partial charge in [-0.3, -0.25) is 4.79 Å². The number of benzene rings is 1. The Labute approximate surface area is 161 Å². The standard InChI is InChI=1S/C18H27ClN2O3.ClH/c1-3-4-8-24-17-15(19)9-14(10-16(17)23-2)18(22)21-12-13-6-5-7-20-11-13;/h9-10,13,20H,3-8,11-12H2,1-2H3,(H,21,22);1H. The molecule has 2 rings (SSSR count). The van der Waals surface area contributed by atoms with Gasteiger partial charge in [0.2, 0.25) is 0 Å². The third-order valence-corrected chi connectivity index (χ3v) is 4.47. The van der Waals surface area contributed by atoms with Gasteiger partial charge in [-0.05, 0) is 50.4 Å². The molecular weight excluding hydrogens is 363 g/mol. The van der Waals surface area contributed by atoms with Crippen molar-refractivity contribution in [3.05, 3.63) is 22.7 Å². The molecule has 1 atom stereocenters. The first-order valence-electron chi connectivity index (χ1n) is 8.65. The predicted octanol–water partition coefficient (Wildman–Crippen LogP) is 3.68. The fourth-order valence-corrected chi connectivity index (χ4v) is 3.01. The lowest BCUT2D eigenvalue weighted by Crippen LogP contribution is -2.38. The second-order valence-corrected chi connectivity index (χ2v) is 6.52. The van der Waals surface area contributed by atoms with Crippen LogP contribution < -0.4 is 20.1 Å². The average molecular weight is 391 g/mol. The summed E-state index contributed by atoms with van der Waals surface area (Å²) in [5.41, 5.74) is 0.489. The van der Waals surface area contributed by atoms with E-state index in [1.807, 2.05) is 0 Å². The summed E-state index contributed by atoms with van der Waals surface area (Å²) >= 11 is 6.29. The van der Waals surface area contributed by atoms with E-state index in [4.69, 9.17) is 21.1 Å². The van der Waals surface area contributed by atoms with Crippen LogP contribution in [0.3, 0.4) is 0 Å². The van der Waals surface area contributed by atoms with Crippen molar-refractivity contribution in [2.24, 2.45) is 5.92 Å². The van der Waals surface area contributed by atoms with Crippen LogP contribution in [0.1, 0.15) is 43.0 Å². The van der Waals surface area contributed by atoms with E-state index in [9.17, 15) is 4.79 Å². The number of halogens is 2. The quantitative estimate of drug-likeness (QED) is 0.664. The zero-order chi connectivity index (χ0) is 17.4. The molecule has 1 amide bonds. The molecule has 0 spiro atoms. The van der Waals surface area contributed by atoms with E-state index in [0.29, 0.717) is 41.2 Å². The van der Waals surface area contributed by atoms with Gasteiger partial charge in [-0.1, -0.05) is 24.9 Å². The van der Waals surface area contributed by atoms with E-state index < -0.39 is 0 Å². The second kappa shape index (κ2) is 11.4. The van der Waals surface area contributed by atoms with Gasteiger partial charge in [-0.2, -0.15) is 0 Å². The largest absolute Gasteiger partial charge is 0.493 e. The molecule has 0 bridgehead atoms. The molecule has 142 valence electrons. The van der Waals surface area contributed by atoms with E-state index in [1.165, 1.54) is 0 Å². The predicted molar refractivity (Wildman–Crippen MR) is 104 cm³/mol. The van der Waals surface area contributed by atoms with Crippen LogP contribution in [-0.2, 0) is 0 Å². The van der Waals surface area contributed by atoms with Crippen molar-refractivity contribution < 1.29 is 14.3 Å². The van der Waals surface area contributed by atoms with E-state index in [0.717, 1.165) is 38.8 Å². The van der Waals surface area contributed by atoms with Gasteiger partial charge in [0.1, 0.15) is 0 Å². The summed E-state index contributed by atoms with van der Waals surface area (Å²) in [6.45, 7) is 5.36. The Morgan fingerprint density at radius 2 is 2.24 bits per heavy atom. The molecule has 1 fully saturated rings. The topological polar surface area (TPSA) is 59.6 Å². The van der Waals surface area contributed by atoms with Crippen molar-refractivity contribution in [3.63, 3.8) is 0 Å². The zero-order valence-electron chi connectivity index (χ0n) is 14.9. The Balaban J connectivity index is 0.00000312. The Hall–Kier alpha value is -1.17. The highest BCUT2D eigenvalue weighted by atomic mass is 35.5. The molecule has 1 heterocycles. The lowest BCUT2D eigenvalue weighted by atomic mass is 9.99. The van der Waals surface area contributed by atoms with Gasteiger partial charge in [0.05, 0.1) is 18.7 Å². The average Bonchev–Trinajstić information content (AvgIpc) is 2.61. The molecule has 5 nitrogen and oxygen atoms in total. The van der Waals surface area contributed by atoms with Crippen LogP contribution in [0.2, 0.25) is 5.02 Å². The first-order chi connectivity index (χ1) is 11.7. The fourth-order valence-electron chi connectivity index (χ4n) is 2.75. The number of rotatable bonds is 8. The third-order valence-electron chi connectivity index (χ3n) is 4.19. The maximum Gasteiger partial charge on any atom is 0.251 e. The maximum atomic E-state index is 12.4.